The van der Waals surface area contributed by atoms with Crippen LogP contribution < -0.4 is 15.2 Å². The SMILES string of the molecule is CC(N)c1cccc(OCc2ccccc2)c1OCc1ccccc1. The van der Waals surface area contributed by atoms with Crippen molar-refractivity contribution in [2.24, 2.45) is 5.73 Å². The summed E-state index contributed by atoms with van der Waals surface area (Å²) < 4.78 is 12.1. The number of para-hydroxylation sites is 1. The fourth-order valence-corrected chi connectivity index (χ4v) is 2.62. The van der Waals surface area contributed by atoms with E-state index >= 15 is 0 Å². The zero-order chi connectivity index (χ0) is 17.5. The second-order valence-corrected chi connectivity index (χ2v) is 6.01. The molecule has 0 saturated heterocycles. The number of hydrogen-bond donors (Lipinski definition) is 1. The van der Waals surface area contributed by atoms with Crippen LogP contribution in [-0.2, 0) is 13.2 Å². The summed E-state index contributed by atoms with van der Waals surface area (Å²) in [5.74, 6) is 1.44. The molecule has 3 rings (SSSR count). The molecule has 3 aromatic rings. The van der Waals surface area contributed by atoms with E-state index in [0.29, 0.717) is 13.2 Å². The van der Waals surface area contributed by atoms with Gasteiger partial charge < -0.3 is 15.2 Å². The van der Waals surface area contributed by atoms with E-state index in [2.05, 4.69) is 0 Å². The first kappa shape index (κ1) is 17.1. The highest BCUT2D eigenvalue weighted by atomic mass is 16.5. The highest BCUT2D eigenvalue weighted by Gasteiger charge is 2.14. The molecule has 0 radical (unpaired) electrons. The predicted octanol–water partition coefficient (Wildman–Crippen LogP) is 4.86. The molecule has 128 valence electrons. The first-order valence-corrected chi connectivity index (χ1v) is 8.46. The zero-order valence-corrected chi connectivity index (χ0v) is 14.4. The van der Waals surface area contributed by atoms with Gasteiger partial charge in [-0.2, -0.15) is 0 Å². The van der Waals surface area contributed by atoms with Crippen LogP contribution in [0.4, 0.5) is 0 Å². The molecule has 3 aromatic carbocycles. The minimum Gasteiger partial charge on any atom is -0.485 e. The van der Waals surface area contributed by atoms with E-state index in [9.17, 15) is 0 Å². The zero-order valence-electron chi connectivity index (χ0n) is 14.4. The topological polar surface area (TPSA) is 44.5 Å². The minimum atomic E-state index is -0.133. The van der Waals surface area contributed by atoms with Crippen LogP contribution in [0.5, 0.6) is 11.5 Å². The number of hydrogen-bond acceptors (Lipinski definition) is 3. The quantitative estimate of drug-likeness (QED) is 0.671. The van der Waals surface area contributed by atoms with Crippen molar-refractivity contribution in [3.63, 3.8) is 0 Å². The third-order valence-electron chi connectivity index (χ3n) is 3.96. The van der Waals surface area contributed by atoms with Gasteiger partial charge in [0.05, 0.1) is 0 Å². The van der Waals surface area contributed by atoms with Gasteiger partial charge >= 0.3 is 0 Å². The number of rotatable bonds is 7. The minimum absolute atomic E-state index is 0.133. The van der Waals surface area contributed by atoms with Crippen molar-refractivity contribution < 1.29 is 9.47 Å². The van der Waals surface area contributed by atoms with Crippen molar-refractivity contribution >= 4 is 0 Å². The summed E-state index contributed by atoms with van der Waals surface area (Å²) in [4.78, 5) is 0. The van der Waals surface area contributed by atoms with Crippen LogP contribution in [0.15, 0.2) is 78.9 Å². The Morgan fingerprint density at radius 1 is 0.720 bits per heavy atom. The smallest absolute Gasteiger partial charge is 0.166 e. The fraction of sp³-hybridized carbons (Fsp3) is 0.182. The van der Waals surface area contributed by atoms with Crippen LogP contribution in [0.3, 0.4) is 0 Å². The van der Waals surface area contributed by atoms with Crippen LogP contribution in [0, 0.1) is 0 Å². The maximum atomic E-state index is 6.12. The summed E-state index contributed by atoms with van der Waals surface area (Å²) in [6, 6.07) is 25.9. The lowest BCUT2D eigenvalue weighted by Gasteiger charge is -2.18. The summed E-state index contributed by atoms with van der Waals surface area (Å²) in [5.41, 5.74) is 9.29. The molecule has 1 atom stereocenters. The predicted molar refractivity (Wildman–Crippen MR) is 101 cm³/mol. The summed E-state index contributed by atoms with van der Waals surface area (Å²) in [6.45, 7) is 2.92. The van der Waals surface area contributed by atoms with Gasteiger partial charge in [0.1, 0.15) is 13.2 Å². The monoisotopic (exact) mass is 333 g/mol. The average Bonchev–Trinajstić information content (AvgIpc) is 2.66. The lowest BCUT2D eigenvalue weighted by atomic mass is 10.1. The van der Waals surface area contributed by atoms with E-state index in [1.54, 1.807) is 0 Å². The molecule has 3 heteroatoms. The molecule has 25 heavy (non-hydrogen) atoms. The van der Waals surface area contributed by atoms with Crippen LogP contribution in [0.2, 0.25) is 0 Å². The molecule has 1 unspecified atom stereocenters. The molecule has 0 spiro atoms. The Kier molecular flexibility index (Phi) is 5.70. The molecule has 0 saturated carbocycles. The van der Waals surface area contributed by atoms with Gasteiger partial charge in [-0.05, 0) is 24.1 Å². The molecule has 0 bridgehead atoms. The third-order valence-corrected chi connectivity index (χ3v) is 3.96. The highest BCUT2D eigenvalue weighted by molar-refractivity contribution is 5.48. The van der Waals surface area contributed by atoms with Gasteiger partial charge in [0.15, 0.2) is 11.5 Å². The van der Waals surface area contributed by atoms with Crippen LogP contribution in [-0.4, -0.2) is 0 Å². The van der Waals surface area contributed by atoms with Gasteiger partial charge in [0, 0.05) is 11.6 Å². The highest BCUT2D eigenvalue weighted by Crippen LogP contribution is 2.35. The Hall–Kier alpha value is -2.78. The third kappa shape index (κ3) is 4.61. The summed E-state index contributed by atoms with van der Waals surface area (Å²) in [7, 11) is 0. The second kappa shape index (κ2) is 8.36. The summed E-state index contributed by atoms with van der Waals surface area (Å²) in [6.07, 6.45) is 0. The van der Waals surface area contributed by atoms with Crippen molar-refractivity contribution in [1.29, 1.82) is 0 Å². The molecule has 0 fully saturated rings. The second-order valence-electron chi connectivity index (χ2n) is 6.01. The largest absolute Gasteiger partial charge is 0.485 e. The van der Waals surface area contributed by atoms with E-state index in [0.717, 1.165) is 28.2 Å². The molecular weight excluding hydrogens is 310 g/mol. The Balaban J connectivity index is 1.80. The Morgan fingerprint density at radius 2 is 1.28 bits per heavy atom. The van der Waals surface area contributed by atoms with E-state index in [-0.39, 0.29) is 6.04 Å². The first-order valence-electron chi connectivity index (χ1n) is 8.46. The van der Waals surface area contributed by atoms with E-state index < -0.39 is 0 Å². The first-order chi connectivity index (χ1) is 12.2. The molecule has 0 aliphatic carbocycles. The van der Waals surface area contributed by atoms with Gasteiger partial charge in [-0.1, -0.05) is 72.8 Å². The Labute approximate surface area is 149 Å². The molecule has 2 N–H and O–H groups in total. The number of nitrogens with two attached hydrogens (primary N) is 1. The van der Waals surface area contributed by atoms with E-state index in [4.69, 9.17) is 15.2 Å². The van der Waals surface area contributed by atoms with E-state index in [1.807, 2.05) is 85.8 Å². The van der Waals surface area contributed by atoms with Gasteiger partial charge in [-0.3, -0.25) is 0 Å². The van der Waals surface area contributed by atoms with Gasteiger partial charge in [0.25, 0.3) is 0 Å². The standard InChI is InChI=1S/C22H23NO2/c1-17(23)20-13-8-14-21(24-15-18-9-4-2-5-10-18)22(20)25-16-19-11-6-3-7-12-19/h2-14,17H,15-16,23H2,1H3. The maximum Gasteiger partial charge on any atom is 0.166 e. The number of benzene rings is 3. The molecule has 3 nitrogen and oxygen atoms in total. The molecule has 0 aliphatic rings. The van der Waals surface area contributed by atoms with Crippen molar-refractivity contribution in [2.45, 2.75) is 26.2 Å². The normalized spacial score (nSPS) is 11.8. The van der Waals surface area contributed by atoms with Crippen molar-refractivity contribution in [3.8, 4) is 11.5 Å². The lowest BCUT2D eigenvalue weighted by Crippen LogP contribution is -2.09. The van der Waals surface area contributed by atoms with Gasteiger partial charge in [-0.15, -0.1) is 0 Å². The number of ether oxygens (including phenoxy) is 2. The molecule has 0 aromatic heterocycles. The molecule has 0 heterocycles. The van der Waals surface area contributed by atoms with Crippen LogP contribution in [0.25, 0.3) is 0 Å². The van der Waals surface area contributed by atoms with Gasteiger partial charge in [0.2, 0.25) is 0 Å². The van der Waals surface area contributed by atoms with Crippen LogP contribution in [0.1, 0.15) is 29.7 Å². The fourth-order valence-electron chi connectivity index (χ4n) is 2.62. The average molecular weight is 333 g/mol. The molecule has 0 amide bonds. The Bertz CT molecular complexity index is 786. The molecular formula is C22H23NO2. The van der Waals surface area contributed by atoms with Crippen LogP contribution >= 0.6 is 0 Å². The maximum absolute atomic E-state index is 6.12. The van der Waals surface area contributed by atoms with Crippen molar-refractivity contribution in [3.05, 3.63) is 95.6 Å². The summed E-state index contributed by atoms with van der Waals surface area (Å²) in [5, 5.41) is 0. The van der Waals surface area contributed by atoms with Gasteiger partial charge in [-0.25, -0.2) is 0 Å². The molecule has 0 aliphatic heterocycles. The Morgan fingerprint density at radius 3 is 1.84 bits per heavy atom. The van der Waals surface area contributed by atoms with Crippen molar-refractivity contribution in [2.75, 3.05) is 0 Å². The van der Waals surface area contributed by atoms with Crippen molar-refractivity contribution in [1.82, 2.24) is 0 Å². The lowest BCUT2D eigenvalue weighted by molar-refractivity contribution is 0.253. The summed E-state index contributed by atoms with van der Waals surface area (Å²) >= 11 is 0. The van der Waals surface area contributed by atoms with E-state index in [1.165, 1.54) is 0 Å².